The molecular formula is C16H24N2O. The fourth-order valence-corrected chi connectivity index (χ4v) is 2.54. The summed E-state index contributed by atoms with van der Waals surface area (Å²) in [5, 5.41) is 3.31. The molecule has 1 aliphatic rings. The van der Waals surface area contributed by atoms with E-state index < -0.39 is 0 Å². The minimum atomic E-state index is 0.0836. The van der Waals surface area contributed by atoms with Gasteiger partial charge in [0, 0.05) is 18.8 Å². The summed E-state index contributed by atoms with van der Waals surface area (Å²) in [5.74, 6) is 0.209. The van der Waals surface area contributed by atoms with E-state index in [4.69, 9.17) is 0 Å². The second kappa shape index (κ2) is 5.64. The fourth-order valence-electron chi connectivity index (χ4n) is 2.54. The van der Waals surface area contributed by atoms with Crippen LogP contribution < -0.4 is 5.32 Å². The third kappa shape index (κ3) is 3.49. The predicted octanol–water partition coefficient (Wildman–Crippen LogP) is 3.02. The van der Waals surface area contributed by atoms with Crippen LogP contribution >= 0.6 is 0 Å². The number of hydrogen-bond donors (Lipinski definition) is 1. The van der Waals surface area contributed by atoms with Crippen molar-refractivity contribution in [2.24, 2.45) is 0 Å². The van der Waals surface area contributed by atoms with Crippen LogP contribution in [0.25, 0.3) is 0 Å². The molecule has 2 rings (SSSR count). The summed E-state index contributed by atoms with van der Waals surface area (Å²) >= 11 is 0. The monoisotopic (exact) mass is 260 g/mol. The van der Waals surface area contributed by atoms with E-state index in [0.29, 0.717) is 6.54 Å². The van der Waals surface area contributed by atoms with Gasteiger partial charge in [-0.2, -0.15) is 0 Å². The first-order valence-electron chi connectivity index (χ1n) is 7.09. The molecule has 0 atom stereocenters. The number of nitrogens with one attached hydrogen (secondary N) is 1. The van der Waals surface area contributed by atoms with Crippen molar-refractivity contribution >= 4 is 11.6 Å². The van der Waals surface area contributed by atoms with E-state index in [-0.39, 0.29) is 11.3 Å². The zero-order chi connectivity index (χ0) is 13.9. The van der Waals surface area contributed by atoms with Crippen LogP contribution in [-0.2, 0) is 10.2 Å². The minimum absolute atomic E-state index is 0.0836. The molecule has 1 aromatic rings. The third-order valence-corrected chi connectivity index (χ3v) is 3.62. The molecule has 1 aromatic carbocycles. The molecule has 0 spiro atoms. The number of likely N-dealkylation sites (tertiary alicyclic amines) is 1. The quantitative estimate of drug-likeness (QED) is 0.906. The number of amides is 1. The highest BCUT2D eigenvalue weighted by Gasteiger charge is 2.20. The van der Waals surface area contributed by atoms with Gasteiger partial charge < -0.3 is 10.2 Å². The van der Waals surface area contributed by atoms with Crippen LogP contribution in [0, 0.1) is 0 Å². The Balaban J connectivity index is 2.01. The van der Waals surface area contributed by atoms with E-state index in [9.17, 15) is 4.79 Å². The van der Waals surface area contributed by atoms with Gasteiger partial charge in [0.1, 0.15) is 0 Å². The summed E-state index contributed by atoms with van der Waals surface area (Å²) in [5.41, 5.74) is 2.41. The van der Waals surface area contributed by atoms with Crippen molar-refractivity contribution in [3.05, 3.63) is 29.8 Å². The van der Waals surface area contributed by atoms with Crippen LogP contribution in [-0.4, -0.2) is 30.4 Å². The minimum Gasteiger partial charge on any atom is -0.376 e. The van der Waals surface area contributed by atoms with Crippen LogP contribution in [0.2, 0.25) is 0 Å². The number of anilines is 1. The van der Waals surface area contributed by atoms with Gasteiger partial charge in [0.25, 0.3) is 0 Å². The molecule has 19 heavy (non-hydrogen) atoms. The highest BCUT2D eigenvalue weighted by molar-refractivity contribution is 5.81. The van der Waals surface area contributed by atoms with Gasteiger partial charge >= 0.3 is 0 Å². The Morgan fingerprint density at radius 1 is 1.21 bits per heavy atom. The first-order chi connectivity index (χ1) is 8.98. The molecule has 0 radical (unpaired) electrons. The Bertz CT molecular complexity index is 442. The summed E-state index contributed by atoms with van der Waals surface area (Å²) in [6.07, 6.45) is 2.29. The molecule has 1 amide bonds. The van der Waals surface area contributed by atoms with Gasteiger partial charge in [-0.3, -0.25) is 4.79 Å². The maximum atomic E-state index is 12.0. The molecule has 3 nitrogen and oxygen atoms in total. The molecule has 3 heteroatoms. The number of para-hydroxylation sites is 1. The van der Waals surface area contributed by atoms with Gasteiger partial charge in [0.15, 0.2) is 0 Å². The molecule has 1 fully saturated rings. The van der Waals surface area contributed by atoms with Gasteiger partial charge in [-0.15, -0.1) is 0 Å². The maximum absolute atomic E-state index is 12.0. The lowest BCUT2D eigenvalue weighted by molar-refractivity contribution is -0.128. The average Bonchev–Trinajstić information content (AvgIpc) is 2.89. The van der Waals surface area contributed by atoms with E-state index in [1.165, 1.54) is 5.56 Å². The normalized spacial score (nSPS) is 15.6. The summed E-state index contributed by atoms with van der Waals surface area (Å²) in [7, 11) is 0. The van der Waals surface area contributed by atoms with Crippen molar-refractivity contribution in [3.63, 3.8) is 0 Å². The zero-order valence-corrected chi connectivity index (χ0v) is 12.2. The molecule has 1 saturated heterocycles. The Morgan fingerprint density at radius 3 is 2.47 bits per heavy atom. The van der Waals surface area contributed by atoms with Gasteiger partial charge in [0.05, 0.1) is 6.54 Å². The standard InChI is InChI=1S/C16H24N2O/c1-16(2,3)13-8-4-5-9-14(13)17-12-15(19)18-10-6-7-11-18/h4-5,8-9,17H,6-7,10-12H2,1-3H3. The molecule has 1 aliphatic heterocycles. The number of hydrogen-bond acceptors (Lipinski definition) is 2. The van der Waals surface area contributed by atoms with Crippen molar-refractivity contribution < 1.29 is 4.79 Å². The summed E-state index contributed by atoms with van der Waals surface area (Å²) in [4.78, 5) is 14.0. The summed E-state index contributed by atoms with van der Waals surface area (Å²) in [6.45, 7) is 8.80. The first kappa shape index (κ1) is 13.9. The molecule has 0 aromatic heterocycles. The summed E-state index contributed by atoms with van der Waals surface area (Å²) in [6, 6.07) is 8.24. The van der Waals surface area contributed by atoms with Crippen LogP contribution in [0.5, 0.6) is 0 Å². The Labute approximate surface area is 116 Å². The summed E-state index contributed by atoms with van der Waals surface area (Å²) < 4.78 is 0. The number of carbonyl (C=O) groups excluding carboxylic acids is 1. The molecular weight excluding hydrogens is 236 g/mol. The number of nitrogens with zero attached hydrogens (tertiary/aromatic N) is 1. The SMILES string of the molecule is CC(C)(C)c1ccccc1NCC(=O)N1CCCC1. The largest absolute Gasteiger partial charge is 0.376 e. The topological polar surface area (TPSA) is 32.3 Å². The second-order valence-electron chi connectivity index (χ2n) is 6.24. The lowest BCUT2D eigenvalue weighted by Crippen LogP contribution is -2.33. The van der Waals surface area contributed by atoms with E-state index in [1.807, 2.05) is 17.0 Å². The lowest BCUT2D eigenvalue weighted by Gasteiger charge is -2.24. The average molecular weight is 260 g/mol. The highest BCUT2D eigenvalue weighted by Crippen LogP contribution is 2.29. The van der Waals surface area contributed by atoms with Crippen molar-refractivity contribution in [2.45, 2.75) is 39.0 Å². The zero-order valence-electron chi connectivity index (χ0n) is 12.2. The highest BCUT2D eigenvalue weighted by atomic mass is 16.2. The molecule has 0 bridgehead atoms. The molecule has 104 valence electrons. The van der Waals surface area contributed by atoms with Crippen molar-refractivity contribution in [2.75, 3.05) is 25.0 Å². The second-order valence-corrected chi connectivity index (χ2v) is 6.24. The number of benzene rings is 1. The molecule has 0 unspecified atom stereocenters. The van der Waals surface area contributed by atoms with Gasteiger partial charge in [-0.05, 0) is 29.9 Å². The van der Waals surface area contributed by atoms with Crippen LogP contribution in [0.4, 0.5) is 5.69 Å². The lowest BCUT2D eigenvalue weighted by atomic mass is 9.86. The van der Waals surface area contributed by atoms with Crippen LogP contribution in [0.1, 0.15) is 39.2 Å². The molecule has 1 N–H and O–H groups in total. The van der Waals surface area contributed by atoms with Crippen LogP contribution in [0.3, 0.4) is 0 Å². The van der Waals surface area contributed by atoms with E-state index in [2.05, 4.69) is 38.2 Å². The molecule has 1 heterocycles. The van der Waals surface area contributed by atoms with Crippen molar-refractivity contribution in [1.82, 2.24) is 4.90 Å². The van der Waals surface area contributed by atoms with Crippen LogP contribution in [0.15, 0.2) is 24.3 Å². The van der Waals surface area contributed by atoms with E-state index in [0.717, 1.165) is 31.6 Å². The Hall–Kier alpha value is -1.51. The smallest absolute Gasteiger partial charge is 0.241 e. The van der Waals surface area contributed by atoms with Crippen molar-refractivity contribution in [1.29, 1.82) is 0 Å². The van der Waals surface area contributed by atoms with E-state index in [1.54, 1.807) is 0 Å². The van der Waals surface area contributed by atoms with Gasteiger partial charge in [-0.25, -0.2) is 0 Å². The third-order valence-electron chi connectivity index (χ3n) is 3.62. The van der Waals surface area contributed by atoms with Gasteiger partial charge in [-0.1, -0.05) is 39.0 Å². The van der Waals surface area contributed by atoms with Gasteiger partial charge in [0.2, 0.25) is 5.91 Å². The Morgan fingerprint density at radius 2 is 1.84 bits per heavy atom. The predicted molar refractivity (Wildman–Crippen MR) is 79.4 cm³/mol. The van der Waals surface area contributed by atoms with Crippen molar-refractivity contribution in [3.8, 4) is 0 Å². The number of carbonyl (C=O) groups is 1. The fraction of sp³-hybridized carbons (Fsp3) is 0.562. The molecule has 0 saturated carbocycles. The Kier molecular flexibility index (Phi) is 4.13. The number of rotatable bonds is 3. The first-order valence-corrected chi connectivity index (χ1v) is 7.09. The molecule has 0 aliphatic carbocycles. The van der Waals surface area contributed by atoms with E-state index >= 15 is 0 Å². The maximum Gasteiger partial charge on any atom is 0.241 e.